The fraction of sp³-hybridized carbons (Fsp3) is 0.250. The molecule has 0 aromatic heterocycles. The summed E-state index contributed by atoms with van der Waals surface area (Å²) in [5, 5.41) is -0.297. The third-order valence-corrected chi connectivity index (χ3v) is 7.34. The molecule has 0 spiro atoms. The Morgan fingerprint density at radius 1 is 1.13 bits per heavy atom. The maximum Gasteiger partial charge on any atom is 0.289 e. The van der Waals surface area contributed by atoms with Crippen molar-refractivity contribution in [1.29, 1.82) is 0 Å². The van der Waals surface area contributed by atoms with Crippen molar-refractivity contribution >= 4 is 44.5 Å². The fourth-order valence-electron chi connectivity index (χ4n) is 3.63. The van der Waals surface area contributed by atoms with Gasteiger partial charge in [0.05, 0.1) is 11.8 Å². The van der Waals surface area contributed by atoms with E-state index >= 15 is 0 Å². The first-order valence-electron chi connectivity index (χ1n) is 9.42. The molecule has 0 bridgehead atoms. The molecule has 2 fully saturated rings. The van der Waals surface area contributed by atoms with Crippen LogP contribution < -0.4 is 4.72 Å². The summed E-state index contributed by atoms with van der Waals surface area (Å²) < 4.78 is 41.2. The number of sulfonamides is 1. The molecular weight excluding hydrogens is 445 g/mol. The van der Waals surface area contributed by atoms with Crippen LogP contribution in [0.3, 0.4) is 0 Å². The van der Waals surface area contributed by atoms with E-state index in [-0.39, 0.29) is 46.6 Å². The highest BCUT2D eigenvalue weighted by atomic mass is 32.2. The lowest BCUT2D eigenvalue weighted by atomic mass is 10.2. The Kier molecular flexibility index (Phi) is 5.71. The summed E-state index contributed by atoms with van der Waals surface area (Å²) in [5.41, 5.74) is 0.356. The first-order chi connectivity index (χ1) is 14.8. The van der Waals surface area contributed by atoms with Gasteiger partial charge >= 0.3 is 0 Å². The minimum absolute atomic E-state index is 0.117. The van der Waals surface area contributed by atoms with Crippen molar-refractivity contribution < 1.29 is 27.2 Å². The monoisotopic (exact) mass is 463 g/mol. The maximum absolute atomic E-state index is 13.9. The zero-order chi connectivity index (χ0) is 22.2. The second-order valence-electron chi connectivity index (χ2n) is 7.13. The van der Waals surface area contributed by atoms with Crippen LogP contribution in [0.2, 0.25) is 0 Å². The first-order valence-corrected chi connectivity index (χ1v) is 11.9. The van der Waals surface area contributed by atoms with Crippen molar-refractivity contribution in [3.8, 4) is 0 Å². The number of carbonyl (C=O) groups excluding carboxylic acids is 3. The summed E-state index contributed by atoms with van der Waals surface area (Å²) >= 11 is 0.955. The molecular formula is C20H18FN3O5S2. The van der Waals surface area contributed by atoms with Gasteiger partial charge in [-0.3, -0.25) is 24.0 Å². The van der Waals surface area contributed by atoms with E-state index < -0.39 is 20.7 Å². The van der Waals surface area contributed by atoms with Crippen molar-refractivity contribution in [3.63, 3.8) is 0 Å². The molecule has 1 unspecified atom stereocenters. The van der Waals surface area contributed by atoms with E-state index in [2.05, 4.69) is 4.72 Å². The lowest BCUT2D eigenvalue weighted by Crippen LogP contribution is -2.41. The molecule has 31 heavy (non-hydrogen) atoms. The van der Waals surface area contributed by atoms with Gasteiger partial charge in [0.25, 0.3) is 21.2 Å². The number of amides is 3. The number of nitrogens with one attached hydrogen (secondary N) is 1. The molecule has 1 atom stereocenters. The van der Waals surface area contributed by atoms with Gasteiger partial charge in [-0.1, -0.05) is 30.0 Å². The Hall–Kier alpha value is -2.92. The van der Waals surface area contributed by atoms with Crippen molar-refractivity contribution in [2.24, 2.45) is 0 Å². The SMILES string of the molecule is O=C(c1cccc(NS(=O)(=O)c2ccccc2F)c1)N1CCC(N2C(=O)CSC2=O)C1. The highest BCUT2D eigenvalue weighted by molar-refractivity contribution is 8.14. The molecule has 2 heterocycles. The quantitative estimate of drug-likeness (QED) is 0.731. The topological polar surface area (TPSA) is 104 Å². The highest BCUT2D eigenvalue weighted by Gasteiger charge is 2.40. The van der Waals surface area contributed by atoms with Gasteiger partial charge in [-0.25, -0.2) is 12.8 Å². The van der Waals surface area contributed by atoms with Crippen molar-refractivity contribution in [3.05, 3.63) is 59.9 Å². The number of carbonyl (C=O) groups is 3. The Morgan fingerprint density at radius 2 is 1.90 bits per heavy atom. The van der Waals surface area contributed by atoms with Gasteiger partial charge in [0.1, 0.15) is 10.7 Å². The van der Waals surface area contributed by atoms with Gasteiger partial charge in [0, 0.05) is 24.3 Å². The number of hydrogen-bond donors (Lipinski definition) is 1. The number of rotatable bonds is 5. The summed E-state index contributed by atoms with van der Waals surface area (Å²) in [4.78, 5) is 39.0. The lowest BCUT2D eigenvalue weighted by Gasteiger charge is -2.22. The second kappa shape index (κ2) is 8.31. The van der Waals surface area contributed by atoms with Gasteiger partial charge in [0.2, 0.25) is 5.91 Å². The van der Waals surface area contributed by atoms with Crippen molar-refractivity contribution in [1.82, 2.24) is 9.80 Å². The standard InChI is InChI=1S/C20H18FN3O5S2/c21-16-6-1-2-7-17(16)31(28,29)22-14-5-3-4-13(10-14)19(26)23-9-8-15(11-23)24-18(25)12-30-20(24)27/h1-7,10,15,22H,8-9,11-12H2. The third kappa shape index (κ3) is 4.28. The number of halogens is 1. The molecule has 3 amide bonds. The molecule has 2 aromatic rings. The van der Waals surface area contributed by atoms with Gasteiger partial charge in [-0.15, -0.1) is 0 Å². The van der Waals surface area contributed by atoms with Crippen molar-refractivity contribution in [2.45, 2.75) is 17.4 Å². The molecule has 0 saturated carbocycles. The second-order valence-corrected chi connectivity index (χ2v) is 9.71. The molecule has 2 aliphatic heterocycles. The minimum Gasteiger partial charge on any atom is -0.336 e. The maximum atomic E-state index is 13.9. The number of benzene rings is 2. The number of thioether (sulfide) groups is 1. The van der Waals surface area contributed by atoms with Crippen LogP contribution in [0, 0.1) is 5.82 Å². The van der Waals surface area contributed by atoms with Crippen LogP contribution in [0.5, 0.6) is 0 Å². The molecule has 2 saturated heterocycles. The van der Waals surface area contributed by atoms with E-state index in [9.17, 15) is 27.2 Å². The molecule has 2 aliphatic rings. The summed E-state index contributed by atoms with van der Waals surface area (Å²) in [6.45, 7) is 0.596. The Labute approximate surface area is 182 Å². The van der Waals surface area contributed by atoms with E-state index in [4.69, 9.17) is 0 Å². The molecule has 4 rings (SSSR count). The van der Waals surface area contributed by atoms with Crippen LogP contribution in [0.15, 0.2) is 53.4 Å². The van der Waals surface area contributed by atoms with Crippen LogP contribution in [0.4, 0.5) is 14.9 Å². The van der Waals surface area contributed by atoms with Crippen LogP contribution in [-0.2, 0) is 14.8 Å². The van der Waals surface area contributed by atoms with Crippen LogP contribution in [0.1, 0.15) is 16.8 Å². The molecule has 0 aliphatic carbocycles. The van der Waals surface area contributed by atoms with E-state index in [1.807, 2.05) is 0 Å². The lowest BCUT2D eigenvalue weighted by molar-refractivity contribution is -0.126. The smallest absolute Gasteiger partial charge is 0.289 e. The average Bonchev–Trinajstić information content (AvgIpc) is 3.33. The van der Waals surface area contributed by atoms with E-state index in [1.165, 1.54) is 40.1 Å². The van der Waals surface area contributed by atoms with Gasteiger partial charge in [-0.2, -0.15) is 0 Å². The van der Waals surface area contributed by atoms with Crippen molar-refractivity contribution in [2.75, 3.05) is 23.6 Å². The van der Waals surface area contributed by atoms with E-state index in [1.54, 1.807) is 6.07 Å². The number of anilines is 1. The zero-order valence-electron chi connectivity index (χ0n) is 16.2. The van der Waals surface area contributed by atoms with Crippen LogP contribution >= 0.6 is 11.8 Å². The van der Waals surface area contributed by atoms with Gasteiger partial charge < -0.3 is 4.90 Å². The Morgan fingerprint density at radius 3 is 2.61 bits per heavy atom. The molecule has 162 valence electrons. The summed E-state index contributed by atoms with van der Waals surface area (Å²) in [5.74, 6) is -1.36. The molecule has 8 nitrogen and oxygen atoms in total. The Balaban J connectivity index is 1.48. The number of hydrogen-bond acceptors (Lipinski definition) is 6. The molecule has 0 radical (unpaired) electrons. The van der Waals surface area contributed by atoms with E-state index in [0.717, 1.165) is 23.9 Å². The molecule has 11 heteroatoms. The number of nitrogens with zero attached hydrogens (tertiary/aromatic N) is 2. The third-order valence-electron chi connectivity index (χ3n) is 5.09. The molecule has 2 aromatic carbocycles. The minimum atomic E-state index is -4.17. The van der Waals surface area contributed by atoms with Crippen LogP contribution in [-0.4, -0.2) is 60.2 Å². The predicted molar refractivity (Wildman–Crippen MR) is 113 cm³/mol. The Bertz CT molecular complexity index is 1150. The number of imide groups is 1. The normalized spacial score (nSPS) is 19.2. The fourth-order valence-corrected chi connectivity index (χ4v) is 5.53. The molecule has 1 N–H and O–H groups in total. The van der Waals surface area contributed by atoms with Gasteiger partial charge in [-0.05, 0) is 36.8 Å². The summed E-state index contributed by atoms with van der Waals surface area (Å²) in [6.07, 6.45) is 0.489. The summed E-state index contributed by atoms with van der Waals surface area (Å²) in [6, 6.07) is 10.5. The number of likely N-dealkylation sites (tertiary alicyclic amines) is 1. The van der Waals surface area contributed by atoms with E-state index in [0.29, 0.717) is 13.0 Å². The highest BCUT2D eigenvalue weighted by Crippen LogP contribution is 2.27. The van der Waals surface area contributed by atoms with Crippen LogP contribution in [0.25, 0.3) is 0 Å². The zero-order valence-corrected chi connectivity index (χ0v) is 17.8. The summed E-state index contributed by atoms with van der Waals surface area (Å²) in [7, 11) is -4.17. The van der Waals surface area contributed by atoms with Gasteiger partial charge in [0.15, 0.2) is 0 Å². The predicted octanol–water partition coefficient (Wildman–Crippen LogP) is 2.54. The largest absolute Gasteiger partial charge is 0.336 e. The average molecular weight is 464 g/mol. The first kappa shape index (κ1) is 21.3.